The SMILES string of the molecule is CCCC(Br)C(=O)Oc1ccc([N+](=O)[O-])cc1. The third kappa shape index (κ3) is 4.14. The van der Waals surface area contributed by atoms with E-state index in [1.807, 2.05) is 6.92 Å². The van der Waals surface area contributed by atoms with Gasteiger partial charge in [0.25, 0.3) is 5.69 Å². The number of carbonyl (C=O) groups excluding carboxylic acids is 1. The smallest absolute Gasteiger partial charge is 0.325 e. The molecule has 17 heavy (non-hydrogen) atoms. The molecule has 0 bridgehead atoms. The quantitative estimate of drug-likeness (QED) is 0.275. The van der Waals surface area contributed by atoms with Crippen molar-refractivity contribution < 1.29 is 14.5 Å². The molecule has 0 aliphatic heterocycles. The van der Waals surface area contributed by atoms with Crippen LogP contribution in [0.1, 0.15) is 19.8 Å². The molecule has 0 spiro atoms. The highest BCUT2D eigenvalue weighted by Crippen LogP contribution is 2.19. The molecule has 0 heterocycles. The summed E-state index contributed by atoms with van der Waals surface area (Å²) in [6.07, 6.45) is 1.55. The fraction of sp³-hybridized carbons (Fsp3) is 0.364. The summed E-state index contributed by atoms with van der Waals surface area (Å²) in [5, 5.41) is 10.4. The molecule has 92 valence electrons. The summed E-state index contributed by atoms with van der Waals surface area (Å²) >= 11 is 3.22. The molecule has 0 aromatic heterocycles. The summed E-state index contributed by atoms with van der Waals surface area (Å²) in [6, 6.07) is 5.40. The molecule has 0 amide bonds. The molecule has 0 saturated heterocycles. The lowest BCUT2D eigenvalue weighted by Crippen LogP contribution is -2.20. The van der Waals surface area contributed by atoms with Gasteiger partial charge in [-0.3, -0.25) is 14.9 Å². The zero-order valence-corrected chi connectivity index (χ0v) is 10.8. The lowest BCUT2D eigenvalue weighted by molar-refractivity contribution is -0.384. The van der Waals surface area contributed by atoms with Gasteiger partial charge >= 0.3 is 5.97 Å². The van der Waals surface area contributed by atoms with Gasteiger partial charge in [0.1, 0.15) is 10.6 Å². The van der Waals surface area contributed by atoms with E-state index in [1.165, 1.54) is 24.3 Å². The van der Waals surface area contributed by atoms with Crippen LogP contribution in [0.3, 0.4) is 0 Å². The van der Waals surface area contributed by atoms with Crippen molar-refractivity contribution in [1.82, 2.24) is 0 Å². The minimum Gasteiger partial charge on any atom is -0.426 e. The largest absolute Gasteiger partial charge is 0.426 e. The third-order valence-corrected chi connectivity index (χ3v) is 2.90. The molecule has 1 aromatic carbocycles. The Kier molecular flexibility index (Phi) is 5.09. The average molecular weight is 302 g/mol. The van der Waals surface area contributed by atoms with Gasteiger partial charge in [0.2, 0.25) is 0 Å². The van der Waals surface area contributed by atoms with E-state index in [1.54, 1.807) is 0 Å². The van der Waals surface area contributed by atoms with E-state index in [0.717, 1.165) is 6.42 Å². The molecule has 0 fully saturated rings. The van der Waals surface area contributed by atoms with Crippen LogP contribution in [0.25, 0.3) is 0 Å². The van der Waals surface area contributed by atoms with Crippen molar-refractivity contribution in [2.45, 2.75) is 24.6 Å². The van der Waals surface area contributed by atoms with Crippen LogP contribution in [-0.2, 0) is 4.79 Å². The van der Waals surface area contributed by atoms with E-state index < -0.39 is 4.92 Å². The number of hydrogen-bond donors (Lipinski definition) is 0. The Morgan fingerprint density at radius 3 is 2.53 bits per heavy atom. The lowest BCUT2D eigenvalue weighted by atomic mass is 10.2. The van der Waals surface area contributed by atoms with Gasteiger partial charge in [-0.1, -0.05) is 29.3 Å². The highest BCUT2D eigenvalue weighted by Gasteiger charge is 2.16. The first-order chi connectivity index (χ1) is 8.04. The number of nitro benzene ring substituents is 1. The third-order valence-electron chi connectivity index (χ3n) is 2.06. The number of nitro groups is 1. The number of nitrogens with zero attached hydrogens (tertiary/aromatic N) is 1. The molecule has 0 saturated carbocycles. The first-order valence-corrected chi connectivity index (χ1v) is 6.06. The number of non-ortho nitro benzene ring substituents is 1. The number of benzene rings is 1. The Hall–Kier alpha value is -1.43. The van der Waals surface area contributed by atoms with Gasteiger partial charge in [-0.15, -0.1) is 0 Å². The van der Waals surface area contributed by atoms with Gasteiger partial charge in [0.05, 0.1) is 4.92 Å². The van der Waals surface area contributed by atoms with Crippen LogP contribution in [0, 0.1) is 10.1 Å². The van der Waals surface area contributed by atoms with Crippen LogP contribution in [0.2, 0.25) is 0 Å². The van der Waals surface area contributed by atoms with Crippen LogP contribution in [-0.4, -0.2) is 15.7 Å². The number of carbonyl (C=O) groups is 1. The Morgan fingerprint density at radius 2 is 2.06 bits per heavy atom. The molecule has 0 N–H and O–H groups in total. The molecule has 6 heteroatoms. The molecule has 1 atom stereocenters. The Bertz CT molecular complexity index is 404. The molecular formula is C11H12BrNO4. The zero-order valence-electron chi connectivity index (χ0n) is 9.26. The second-order valence-electron chi connectivity index (χ2n) is 3.43. The fourth-order valence-electron chi connectivity index (χ4n) is 1.19. The van der Waals surface area contributed by atoms with Gasteiger partial charge < -0.3 is 4.74 Å². The van der Waals surface area contributed by atoms with Crippen LogP contribution in [0.5, 0.6) is 5.75 Å². The number of ether oxygens (including phenoxy) is 1. The summed E-state index contributed by atoms with van der Waals surface area (Å²) in [5.41, 5.74) is -0.0336. The van der Waals surface area contributed by atoms with E-state index in [9.17, 15) is 14.9 Å². The van der Waals surface area contributed by atoms with E-state index in [4.69, 9.17) is 4.74 Å². The van der Waals surface area contributed by atoms with Crippen LogP contribution < -0.4 is 4.74 Å². The van der Waals surface area contributed by atoms with Crippen LogP contribution in [0.15, 0.2) is 24.3 Å². The summed E-state index contributed by atoms with van der Waals surface area (Å²) in [4.78, 5) is 21.1. The highest BCUT2D eigenvalue weighted by molar-refractivity contribution is 9.10. The number of halogens is 1. The molecule has 5 nitrogen and oxygen atoms in total. The summed E-state index contributed by atoms with van der Waals surface area (Å²) in [5.74, 6) is -0.0816. The van der Waals surface area contributed by atoms with E-state index in [2.05, 4.69) is 15.9 Å². The Morgan fingerprint density at radius 1 is 1.47 bits per heavy atom. The fourth-order valence-corrected chi connectivity index (χ4v) is 1.74. The predicted octanol–water partition coefficient (Wildman–Crippen LogP) is 3.06. The van der Waals surface area contributed by atoms with Crippen molar-refractivity contribution in [3.63, 3.8) is 0 Å². The normalized spacial score (nSPS) is 11.9. The maximum atomic E-state index is 11.5. The summed E-state index contributed by atoms with van der Waals surface area (Å²) in [7, 11) is 0. The van der Waals surface area contributed by atoms with E-state index >= 15 is 0 Å². The predicted molar refractivity (Wildman–Crippen MR) is 66.4 cm³/mol. The molecule has 1 rings (SSSR count). The van der Waals surface area contributed by atoms with Gasteiger partial charge in [-0.05, 0) is 18.6 Å². The number of esters is 1. The van der Waals surface area contributed by atoms with E-state index in [0.29, 0.717) is 12.2 Å². The molecule has 1 unspecified atom stereocenters. The maximum absolute atomic E-state index is 11.5. The molecule has 0 radical (unpaired) electrons. The van der Waals surface area contributed by atoms with Crippen molar-refractivity contribution in [3.8, 4) is 5.75 Å². The van der Waals surface area contributed by atoms with Crippen LogP contribution in [0.4, 0.5) is 5.69 Å². The first-order valence-electron chi connectivity index (χ1n) is 5.14. The summed E-state index contributed by atoms with van der Waals surface area (Å²) in [6.45, 7) is 1.97. The maximum Gasteiger partial charge on any atom is 0.325 e. The Balaban J connectivity index is 2.63. The first kappa shape index (κ1) is 13.6. The van der Waals surface area contributed by atoms with Crippen molar-refractivity contribution in [2.75, 3.05) is 0 Å². The molecule has 0 aliphatic rings. The van der Waals surface area contributed by atoms with Crippen molar-refractivity contribution in [3.05, 3.63) is 34.4 Å². The van der Waals surface area contributed by atoms with Crippen LogP contribution >= 0.6 is 15.9 Å². The standard InChI is InChI=1S/C11H12BrNO4/c1-2-3-10(12)11(14)17-9-6-4-8(5-7-9)13(15)16/h4-7,10H,2-3H2,1H3. The lowest BCUT2D eigenvalue weighted by Gasteiger charge is -2.08. The average Bonchev–Trinajstić information content (AvgIpc) is 2.30. The highest BCUT2D eigenvalue weighted by atomic mass is 79.9. The second-order valence-corrected chi connectivity index (χ2v) is 4.53. The number of hydrogen-bond acceptors (Lipinski definition) is 4. The van der Waals surface area contributed by atoms with Gasteiger partial charge in [-0.25, -0.2) is 0 Å². The van der Waals surface area contributed by atoms with Crippen molar-refractivity contribution in [2.24, 2.45) is 0 Å². The monoisotopic (exact) mass is 301 g/mol. The molecule has 0 aliphatic carbocycles. The van der Waals surface area contributed by atoms with Crippen molar-refractivity contribution >= 4 is 27.6 Å². The van der Waals surface area contributed by atoms with Crippen molar-refractivity contribution in [1.29, 1.82) is 0 Å². The van der Waals surface area contributed by atoms with Gasteiger partial charge in [0, 0.05) is 12.1 Å². The van der Waals surface area contributed by atoms with Gasteiger partial charge in [-0.2, -0.15) is 0 Å². The Labute approximate surface area is 107 Å². The second kappa shape index (κ2) is 6.34. The number of rotatable bonds is 5. The van der Waals surface area contributed by atoms with Gasteiger partial charge in [0.15, 0.2) is 0 Å². The van der Waals surface area contributed by atoms with E-state index in [-0.39, 0.29) is 16.5 Å². The molecular weight excluding hydrogens is 290 g/mol. The molecule has 1 aromatic rings. The minimum atomic E-state index is -0.504. The summed E-state index contributed by atoms with van der Waals surface area (Å²) < 4.78 is 5.06. The number of alkyl halides is 1. The zero-order chi connectivity index (χ0) is 12.8. The topological polar surface area (TPSA) is 69.4 Å². The minimum absolute atomic E-state index is 0.0336.